The molecule has 0 radical (unpaired) electrons. The average Bonchev–Trinajstić information content (AvgIpc) is 2.97. The molecule has 1 saturated heterocycles. The predicted octanol–water partition coefficient (Wildman–Crippen LogP) is 2.28. The van der Waals surface area contributed by atoms with Gasteiger partial charge in [0.15, 0.2) is 5.96 Å². The Bertz CT molecular complexity index is 479. The Morgan fingerprint density at radius 2 is 2.13 bits per heavy atom. The molecule has 0 saturated carbocycles. The summed E-state index contributed by atoms with van der Waals surface area (Å²) in [6.07, 6.45) is 5.06. The lowest BCUT2D eigenvalue weighted by Gasteiger charge is -2.29. The lowest BCUT2D eigenvalue weighted by Crippen LogP contribution is -2.43. The van der Waals surface area contributed by atoms with Gasteiger partial charge in [-0.1, -0.05) is 13.3 Å². The zero-order valence-electron chi connectivity index (χ0n) is 14.8. The van der Waals surface area contributed by atoms with Crippen molar-refractivity contribution in [3.8, 4) is 0 Å². The van der Waals surface area contributed by atoms with Crippen molar-refractivity contribution >= 4 is 17.3 Å². The van der Waals surface area contributed by atoms with Crippen LogP contribution >= 0.6 is 11.3 Å². The number of aliphatic imine (C=N–C) groups is 1. The highest BCUT2D eigenvalue weighted by Gasteiger charge is 2.13. The second-order valence-corrected chi connectivity index (χ2v) is 7.52. The number of thiazole rings is 1. The quantitative estimate of drug-likeness (QED) is 0.592. The summed E-state index contributed by atoms with van der Waals surface area (Å²) in [5.74, 6) is 1.52. The molecule has 0 amide bonds. The number of hydrogen-bond donors (Lipinski definition) is 2. The van der Waals surface area contributed by atoms with Crippen LogP contribution in [0.2, 0.25) is 0 Å². The number of guanidine groups is 1. The Kier molecular flexibility index (Phi) is 7.82. The summed E-state index contributed by atoms with van der Waals surface area (Å²) in [7, 11) is 1.83. The molecular weight excluding hydrogens is 306 g/mol. The molecule has 2 rings (SSSR count). The summed E-state index contributed by atoms with van der Waals surface area (Å²) >= 11 is 1.71. The van der Waals surface area contributed by atoms with Gasteiger partial charge in [0.2, 0.25) is 0 Å². The summed E-state index contributed by atoms with van der Waals surface area (Å²) in [6, 6.07) is 0. The third-order valence-electron chi connectivity index (χ3n) is 4.20. The summed E-state index contributed by atoms with van der Waals surface area (Å²) in [5.41, 5.74) is 1.16. The smallest absolute Gasteiger partial charge is 0.190 e. The summed E-state index contributed by atoms with van der Waals surface area (Å²) in [6.45, 7) is 9.91. The Labute approximate surface area is 144 Å². The van der Waals surface area contributed by atoms with Gasteiger partial charge in [-0.05, 0) is 38.8 Å². The molecule has 1 aliphatic heterocycles. The standard InChI is InChI=1S/C17H31N5S/c1-14(12-22-9-5-4-6-10-22)11-20-17(18-3)19-8-7-16-13-23-15(2)21-16/h13-14H,4-12H2,1-3H3,(H2,18,19,20). The number of nitrogens with one attached hydrogen (secondary N) is 2. The van der Waals surface area contributed by atoms with Crippen LogP contribution in [0.1, 0.15) is 36.9 Å². The molecule has 2 heterocycles. The van der Waals surface area contributed by atoms with Gasteiger partial charge < -0.3 is 15.5 Å². The van der Waals surface area contributed by atoms with Gasteiger partial charge in [-0.25, -0.2) is 4.98 Å². The van der Waals surface area contributed by atoms with Crippen molar-refractivity contribution in [2.45, 2.75) is 39.5 Å². The fourth-order valence-electron chi connectivity index (χ4n) is 2.97. The largest absolute Gasteiger partial charge is 0.356 e. The molecule has 23 heavy (non-hydrogen) atoms. The van der Waals surface area contributed by atoms with E-state index in [4.69, 9.17) is 0 Å². The van der Waals surface area contributed by atoms with Crippen molar-refractivity contribution in [3.63, 3.8) is 0 Å². The molecule has 130 valence electrons. The van der Waals surface area contributed by atoms with Crippen LogP contribution in [0, 0.1) is 12.8 Å². The van der Waals surface area contributed by atoms with Crippen molar-refractivity contribution in [3.05, 3.63) is 16.1 Å². The number of hydrogen-bond acceptors (Lipinski definition) is 4. The van der Waals surface area contributed by atoms with E-state index < -0.39 is 0 Å². The monoisotopic (exact) mass is 337 g/mol. The first-order valence-corrected chi connectivity index (χ1v) is 9.63. The van der Waals surface area contributed by atoms with Gasteiger partial charge in [-0.2, -0.15) is 0 Å². The maximum absolute atomic E-state index is 4.49. The SMILES string of the molecule is CN=C(NCCc1csc(C)n1)NCC(C)CN1CCCCC1. The molecule has 2 N–H and O–H groups in total. The molecule has 5 nitrogen and oxygen atoms in total. The Morgan fingerprint density at radius 3 is 2.78 bits per heavy atom. The second kappa shape index (κ2) is 9.88. The Balaban J connectivity index is 1.61. The summed E-state index contributed by atoms with van der Waals surface area (Å²) in [5, 5.41) is 10.1. The van der Waals surface area contributed by atoms with Gasteiger partial charge in [0.05, 0.1) is 10.7 Å². The van der Waals surface area contributed by atoms with Crippen LogP contribution in [0.25, 0.3) is 0 Å². The molecule has 1 aliphatic rings. The normalized spacial score (nSPS) is 18.0. The fourth-order valence-corrected chi connectivity index (χ4v) is 3.62. The van der Waals surface area contributed by atoms with Crippen molar-refractivity contribution in [2.75, 3.05) is 39.8 Å². The van der Waals surface area contributed by atoms with E-state index in [1.807, 2.05) is 14.0 Å². The number of aryl methyl sites for hydroxylation is 1. The van der Waals surface area contributed by atoms with E-state index in [0.29, 0.717) is 5.92 Å². The first-order valence-electron chi connectivity index (χ1n) is 8.75. The average molecular weight is 338 g/mol. The molecule has 1 atom stereocenters. The van der Waals surface area contributed by atoms with Gasteiger partial charge in [0.1, 0.15) is 0 Å². The van der Waals surface area contributed by atoms with Crippen molar-refractivity contribution in [1.82, 2.24) is 20.5 Å². The van der Waals surface area contributed by atoms with E-state index in [0.717, 1.165) is 36.2 Å². The minimum Gasteiger partial charge on any atom is -0.356 e. The lowest BCUT2D eigenvalue weighted by atomic mass is 10.1. The summed E-state index contributed by atoms with van der Waals surface area (Å²) < 4.78 is 0. The molecule has 0 aromatic carbocycles. The molecular formula is C17H31N5S. The van der Waals surface area contributed by atoms with E-state index in [1.165, 1.54) is 38.9 Å². The first kappa shape index (κ1) is 18.2. The summed E-state index contributed by atoms with van der Waals surface area (Å²) in [4.78, 5) is 11.4. The molecule has 1 aromatic heterocycles. The maximum atomic E-state index is 4.49. The van der Waals surface area contributed by atoms with E-state index >= 15 is 0 Å². The lowest BCUT2D eigenvalue weighted by molar-refractivity contribution is 0.201. The molecule has 6 heteroatoms. The number of nitrogens with zero attached hydrogens (tertiary/aromatic N) is 3. The van der Waals surface area contributed by atoms with Crippen LogP contribution < -0.4 is 10.6 Å². The van der Waals surface area contributed by atoms with Gasteiger partial charge in [-0.15, -0.1) is 11.3 Å². The van der Waals surface area contributed by atoms with Crippen LogP contribution in [0.4, 0.5) is 0 Å². The van der Waals surface area contributed by atoms with Crippen LogP contribution in [0.3, 0.4) is 0 Å². The van der Waals surface area contributed by atoms with Crippen LogP contribution in [0.15, 0.2) is 10.4 Å². The van der Waals surface area contributed by atoms with Crippen molar-refractivity contribution < 1.29 is 0 Å². The number of aromatic nitrogens is 1. The molecule has 0 spiro atoms. The van der Waals surface area contributed by atoms with Crippen LogP contribution in [-0.2, 0) is 6.42 Å². The van der Waals surface area contributed by atoms with Crippen molar-refractivity contribution in [2.24, 2.45) is 10.9 Å². The number of likely N-dealkylation sites (tertiary alicyclic amines) is 1. The highest BCUT2D eigenvalue weighted by atomic mass is 32.1. The van der Waals surface area contributed by atoms with Crippen LogP contribution in [0.5, 0.6) is 0 Å². The minimum absolute atomic E-state index is 0.632. The molecule has 1 unspecified atom stereocenters. The van der Waals surface area contributed by atoms with Gasteiger partial charge in [-0.3, -0.25) is 4.99 Å². The van der Waals surface area contributed by atoms with E-state index in [9.17, 15) is 0 Å². The van der Waals surface area contributed by atoms with Crippen LogP contribution in [-0.4, -0.2) is 55.6 Å². The third-order valence-corrected chi connectivity index (χ3v) is 5.02. The Hall–Kier alpha value is -1.14. The number of rotatable bonds is 7. The predicted molar refractivity (Wildman–Crippen MR) is 99.4 cm³/mol. The number of piperidine rings is 1. The van der Waals surface area contributed by atoms with Gasteiger partial charge in [0, 0.05) is 38.5 Å². The molecule has 0 bridgehead atoms. The van der Waals surface area contributed by atoms with Gasteiger partial charge in [0.25, 0.3) is 0 Å². The highest BCUT2D eigenvalue weighted by Crippen LogP contribution is 2.10. The van der Waals surface area contributed by atoms with Gasteiger partial charge >= 0.3 is 0 Å². The fraction of sp³-hybridized carbons (Fsp3) is 0.765. The van der Waals surface area contributed by atoms with E-state index in [2.05, 4.69) is 37.8 Å². The minimum atomic E-state index is 0.632. The highest BCUT2D eigenvalue weighted by molar-refractivity contribution is 7.09. The zero-order chi connectivity index (χ0) is 16.5. The van der Waals surface area contributed by atoms with E-state index in [1.54, 1.807) is 11.3 Å². The third kappa shape index (κ3) is 6.87. The van der Waals surface area contributed by atoms with E-state index in [-0.39, 0.29) is 0 Å². The molecule has 1 fully saturated rings. The zero-order valence-corrected chi connectivity index (χ0v) is 15.6. The molecule has 1 aromatic rings. The topological polar surface area (TPSA) is 52.6 Å². The first-order chi connectivity index (χ1) is 11.2. The maximum Gasteiger partial charge on any atom is 0.190 e. The molecule has 0 aliphatic carbocycles. The Morgan fingerprint density at radius 1 is 1.35 bits per heavy atom. The second-order valence-electron chi connectivity index (χ2n) is 6.45. The van der Waals surface area contributed by atoms with Crippen molar-refractivity contribution in [1.29, 1.82) is 0 Å².